The average molecular weight is 255 g/mol. The zero-order valence-corrected chi connectivity index (χ0v) is 10.8. The molecule has 1 aromatic rings. The summed E-state index contributed by atoms with van der Waals surface area (Å²) in [6.07, 6.45) is 4.74. The number of hydrogen-bond donors (Lipinski definition) is 2. The highest BCUT2D eigenvalue weighted by atomic mass is 35.5. The van der Waals surface area contributed by atoms with Crippen LogP contribution in [-0.4, -0.2) is 22.7 Å². The number of rotatable bonds is 4. The van der Waals surface area contributed by atoms with Crippen molar-refractivity contribution < 1.29 is 5.11 Å². The normalized spacial score (nSPS) is 26.1. The molecule has 1 aromatic heterocycles. The van der Waals surface area contributed by atoms with Gasteiger partial charge in [0.25, 0.3) is 0 Å². The number of aliphatic hydroxyl groups excluding tert-OH is 1. The van der Waals surface area contributed by atoms with Crippen molar-refractivity contribution in [2.24, 2.45) is 5.92 Å². The Bertz CT molecular complexity index is 372. The van der Waals surface area contributed by atoms with Crippen molar-refractivity contribution >= 4 is 11.6 Å². The fourth-order valence-electron chi connectivity index (χ4n) is 2.41. The van der Waals surface area contributed by atoms with E-state index >= 15 is 0 Å². The minimum Gasteiger partial charge on any atom is -0.393 e. The van der Waals surface area contributed by atoms with Crippen molar-refractivity contribution in [2.75, 3.05) is 6.54 Å². The van der Waals surface area contributed by atoms with Gasteiger partial charge in [-0.25, -0.2) is 4.98 Å². The van der Waals surface area contributed by atoms with E-state index in [-0.39, 0.29) is 12.1 Å². The summed E-state index contributed by atoms with van der Waals surface area (Å²) in [7, 11) is 0. The minimum absolute atomic E-state index is 0.140. The molecule has 1 aliphatic carbocycles. The second-order valence-electron chi connectivity index (χ2n) is 4.77. The standard InChI is InChI=1S/C13H19ClN2O/c1-9(11-5-3-7-15-13(11)14)16-8-10-4-2-6-12(10)17/h3,5,7,9-10,12,16-17H,2,4,6,8H2,1H3. The fourth-order valence-corrected chi connectivity index (χ4v) is 2.70. The lowest BCUT2D eigenvalue weighted by molar-refractivity contribution is 0.130. The highest BCUT2D eigenvalue weighted by Gasteiger charge is 2.25. The first-order valence-electron chi connectivity index (χ1n) is 6.20. The van der Waals surface area contributed by atoms with Gasteiger partial charge in [0, 0.05) is 24.3 Å². The Labute approximate surface area is 107 Å². The summed E-state index contributed by atoms with van der Waals surface area (Å²) in [6, 6.07) is 4.05. The van der Waals surface area contributed by atoms with Crippen LogP contribution in [-0.2, 0) is 0 Å². The molecule has 0 aliphatic heterocycles. The highest BCUT2D eigenvalue weighted by molar-refractivity contribution is 6.30. The Morgan fingerprint density at radius 3 is 3.06 bits per heavy atom. The summed E-state index contributed by atoms with van der Waals surface area (Å²) in [6.45, 7) is 2.91. The van der Waals surface area contributed by atoms with Crippen molar-refractivity contribution in [3.8, 4) is 0 Å². The second-order valence-corrected chi connectivity index (χ2v) is 5.13. The Morgan fingerprint density at radius 1 is 1.59 bits per heavy atom. The van der Waals surface area contributed by atoms with Gasteiger partial charge in [-0.1, -0.05) is 24.1 Å². The van der Waals surface area contributed by atoms with E-state index in [1.165, 1.54) is 0 Å². The molecule has 4 heteroatoms. The molecule has 0 radical (unpaired) electrons. The fraction of sp³-hybridized carbons (Fsp3) is 0.615. The van der Waals surface area contributed by atoms with Crippen LogP contribution in [0.2, 0.25) is 5.15 Å². The Balaban J connectivity index is 1.89. The van der Waals surface area contributed by atoms with Gasteiger partial charge >= 0.3 is 0 Å². The molecule has 1 heterocycles. The Kier molecular flexibility index (Phi) is 4.37. The molecule has 17 heavy (non-hydrogen) atoms. The summed E-state index contributed by atoms with van der Waals surface area (Å²) in [5, 5.41) is 13.7. The molecule has 1 saturated carbocycles. The Morgan fingerprint density at radius 2 is 2.41 bits per heavy atom. The van der Waals surface area contributed by atoms with Crippen LogP contribution in [0.4, 0.5) is 0 Å². The van der Waals surface area contributed by atoms with Crippen LogP contribution >= 0.6 is 11.6 Å². The molecule has 1 aliphatic rings. The molecule has 2 N–H and O–H groups in total. The first kappa shape index (κ1) is 12.8. The van der Waals surface area contributed by atoms with Gasteiger partial charge in [0.05, 0.1) is 6.10 Å². The van der Waals surface area contributed by atoms with E-state index in [0.717, 1.165) is 31.4 Å². The lowest BCUT2D eigenvalue weighted by atomic mass is 10.0. The van der Waals surface area contributed by atoms with E-state index in [2.05, 4.69) is 17.2 Å². The van der Waals surface area contributed by atoms with Crippen LogP contribution in [0.25, 0.3) is 0 Å². The highest BCUT2D eigenvalue weighted by Crippen LogP contribution is 2.26. The van der Waals surface area contributed by atoms with Crippen LogP contribution in [0.3, 0.4) is 0 Å². The van der Waals surface area contributed by atoms with Crippen LogP contribution in [0.15, 0.2) is 18.3 Å². The molecule has 0 bridgehead atoms. The molecular formula is C13H19ClN2O. The molecule has 0 aromatic carbocycles. The van der Waals surface area contributed by atoms with E-state index in [0.29, 0.717) is 11.1 Å². The molecule has 3 atom stereocenters. The van der Waals surface area contributed by atoms with Crippen LogP contribution < -0.4 is 5.32 Å². The number of nitrogens with one attached hydrogen (secondary N) is 1. The minimum atomic E-state index is -0.140. The second kappa shape index (κ2) is 5.80. The van der Waals surface area contributed by atoms with Gasteiger partial charge in [-0.3, -0.25) is 0 Å². The van der Waals surface area contributed by atoms with Gasteiger partial charge in [0.15, 0.2) is 0 Å². The zero-order chi connectivity index (χ0) is 12.3. The topological polar surface area (TPSA) is 45.1 Å². The molecule has 0 amide bonds. The summed E-state index contributed by atoms with van der Waals surface area (Å²) < 4.78 is 0. The maximum Gasteiger partial charge on any atom is 0.133 e. The number of halogens is 1. The number of nitrogens with zero attached hydrogens (tertiary/aromatic N) is 1. The first-order chi connectivity index (χ1) is 8.18. The van der Waals surface area contributed by atoms with E-state index < -0.39 is 0 Å². The van der Waals surface area contributed by atoms with Gasteiger partial charge in [0.1, 0.15) is 5.15 Å². The molecule has 1 fully saturated rings. The number of aliphatic hydroxyl groups is 1. The van der Waals surface area contributed by atoms with Crippen molar-refractivity contribution in [2.45, 2.75) is 38.3 Å². The predicted octanol–water partition coefficient (Wildman–Crippen LogP) is 2.55. The first-order valence-corrected chi connectivity index (χ1v) is 6.58. The van der Waals surface area contributed by atoms with E-state index in [9.17, 15) is 5.11 Å². The largest absolute Gasteiger partial charge is 0.393 e. The van der Waals surface area contributed by atoms with E-state index in [4.69, 9.17) is 11.6 Å². The summed E-state index contributed by atoms with van der Waals surface area (Å²) in [5.74, 6) is 0.382. The smallest absolute Gasteiger partial charge is 0.133 e. The van der Waals surface area contributed by atoms with Crippen LogP contribution in [0, 0.1) is 5.92 Å². The van der Waals surface area contributed by atoms with Gasteiger partial charge in [-0.2, -0.15) is 0 Å². The number of pyridine rings is 1. The van der Waals surface area contributed by atoms with Gasteiger partial charge in [-0.15, -0.1) is 0 Å². The predicted molar refractivity (Wildman–Crippen MR) is 69.0 cm³/mol. The lowest BCUT2D eigenvalue weighted by Crippen LogP contribution is -2.29. The molecular weight excluding hydrogens is 236 g/mol. The third-order valence-electron chi connectivity index (χ3n) is 3.56. The van der Waals surface area contributed by atoms with E-state index in [1.54, 1.807) is 6.20 Å². The summed E-state index contributed by atoms with van der Waals surface area (Å²) in [4.78, 5) is 4.07. The third kappa shape index (κ3) is 3.18. The lowest BCUT2D eigenvalue weighted by Gasteiger charge is -2.20. The third-order valence-corrected chi connectivity index (χ3v) is 3.88. The maximum absolute atomic E-state index is 9.75. The molecule has 2 rings (SSSR count). The summed E-state index contributed by atoms with van der Waals surface area (Å²) >= 11 is 6.04. The molecule has 0 saturated heterocycles. The molecule has 3 nitrogen and oxygen atoms in total. The van der Waals surface area contributed by atoms with Crippen molar-refractivity contribution in [3.63, 3.8) is 0 Å². The van der Waals surface area contributed by atoms with E-state index in [1.807, 2.05) is 12.1 Å². The molecule has 0 spiro atoms. The number of aromatic nitrogens is 1. The maximum atomic E-state index is 9.75. The van der Waals surface area contributed by atoms with Crippen molar-refractivity contribution in [1.29, 1.82) is 0 Å². The quantitative estimate of drug-likeness (QED) is 0.812. The monoisotopic (exact) mass is 254 g/mol. The number of hydrogen-bond acceptors (Lipinski definition) is 3. The van der Waals surface area contributed by atoms with Crippen molar-refractivity contribution in [3.05, 3.63) is 29.0 Å². The average Bonchev–Trinajstić information content (AvgIpc) is 2.72. The summed E-state index contributed by atoms with van der Waals surface area (Å²) in [5.41, 5.74) is 1.02. The SMILES string of the molecule is CC(NCC1CCCC1O)c1cccnc1Cl. The van der Waals surface area contributed by atoms with Gasteiger partial charge < -0.3 is 10.4 Å². The van der Waals surface area contributed by atoms with Gasteiger partial charge in [-0.05, 0) is 31.7 Å². The van der Waals surface area contributed by atoms with Gasteiger partial charge in [0.2, 0.25) is 0 Å². The molecule has 94 valence electrons. The Hall–Kier alpha value is -0.640. The van der Waals surface area contributed by atoms with Crippen LogP contribution in [0.1, 0.15) is 37.8 Å². The van der Waals surface area contributed by atoms with Crippen LogP contribution in [0.5, 0.6) is 0 Å². The zero-order valence-electron chi connectivity index (χ0n) is 10.1. The van der Waals surface area contributed by atoms with Crippen molar-refractivity contribution in [1.82, 2.24) is 10.3 Å². The molecule has 3 unspecified atom stereocenters.